The van der Waals surface area contributed by atoms with Gasteiger partial charge in [-0.3, -0.25) is 4.90 Å². The van der Waals surface area contributed by atoms with Crippen LogP contribution in [0.4, 0.5) is 4.39 Å². The molecule has 0 amide bonds. The Hall–Kier alpha value is -2.87. The molecule has 0 spiro atoms. The van der Waals surface area contributed by atoms with E-state index in [0.29, 0.717) is 18.2 Å². The second-order valence-corrected chi connectivity index (χ2v) is 9.27. The van der Waals surface area contributed by atoms with Gasteiger partial charge in [0.1, 0.15) is 29.6 Å². The molecule has 34 heavy (non-hydrogen) atoms. The summed E-state index contributed by atoms with van der Waals surface area (Å²) in [6.07, 6.45) is 4.22. The summed E-state index contributed by atoms with van der Waals surface area (Å²) in [6, 6.07) is 12.6. The van der Waals surface area contributed by atoms with Crippen molar-refractivity contribution >= 4 is 22.5 Å². The highest BCUT2D eigenvalue weighted by molar-refractivity contribution is 6.31. The van der Waals surface area contributed by atoms with Crippen LogP contribution >= 0.6 is 11.6 Å². The first kappa shape index (κ1) is 22.9. The molecule has 3 heterocycles. The lowest BCUT2D eigenvalue weighted by molar-refractivity contribution is 0.154. The molecule has 1 N–H and O–H groups in total. The normalized spacial score (nSPS) is 16.5. The third kappa shape index (κ3) is 4.82. The van der Waals surface area contributed by atoms with Crippen molar-refractivity contribution in [2.45, 2.75) is 45.5 Å². The number of likely N-dealkylation sites (tertiary alicyclic amines) is 1. The lowest BCUT2D eigenvalue weighted by Gasteiger charge is -2.22. The molecule has 8 heteroatoms. The number of aromatic nitrogens is 2. The molecule has 1 aliphatic rings. The molecule has 0 bridgehead atoms. The van der Waals surface area contributed by atoms with Gasteiger partial charge in [-0.2, -0.15) is 0 Å². The molecule has 4 aromatic rings. The molecule has 0 radical (unpaired) electrons. The number of fused-ring (bicyclic) bond motifs is 1. The van der Waals surface area contributed by atoms with Crippen molar-refractivity contribution in [2.24, 2.45) is 0 Å². The molecule has 1 fully saturated rings. The lowest BCUT2D eigenvalue weighted by Crippen LogP contribution is -2.31. The maximum atomic E-state index is 13.5. The van der Waals surface area contributed by atoms with E-state index in [-0.39, 0.29) is 18.5 Å². The topological polar surface area (TPSA) is 63.7 Å². The summed E-state index contributed by atoms with van der Waals surface area (Å²) in [5.74, 6) is 1.14. The fourth-order valence-electron chi connectivity index (χ4n) is 4.70. The van der Waals surface area contributed by atoms with Gasteiger partial charge in [0.25, 0.3) is 0 Å². The van der Waals surface area contributed by atoms with E-state index in [1.54, 1.807) is 6.07 Å². The summed E-state index contributed by atoms with van der Waals surface area (Å²) in [5, 5.41) is 15.3. The smallest absolute Gasteiger partial charge is 0.134 e. The maximum Gasteiger partial charge on any atom is 0.134 e. The second-order valence-electron chi connectivity index (χ2n) is 8.86. The van der Waals surface area contributed by atoms with Crippen molar-refractivity contribution in [2.75, 3.05) is 13.2 Å². The van der Waals surface area contributed by atoms with Gasteiger partial charge in [0.15, 0.2) is 0 Å². The fraction of sp³-hybridized carbons (Fsp3) is 0.346. The van der Waals surface area contributed by atoms with E-state index >= 15 is 0 Å². The van der Waals surface area contributed by atoms with Crippen LogP contribution in [0, 0.1) is 12.7 Å². The number of rotatable bonds is 8. The molecule has 1 atom stereocenters. The average Bonchev–Trinajstić information content (AvgIpc) is 3.54. The van der Waals surface area contributed by atoms with E-state index < -0.39 is 0 Å². The summed E-state index contributed by atoms with van der Waals surface area (Å²) >= 11 is 6.32. The second kappa shape index (κ2) is 9.78. The third-order valence-corrected chi connectivity index (χ3v) is 6.79. The van der Waals surface area contributed by atoms with Crippen LogP contribution in [-0.2, 0) is 19.7 Å². The van der Waals surface area contributed by atoms with Crippen LogP contribution in [0.15, 0.2) is 53.2 Å². The molecule has 2 aromatic carbocycles. The molecule has 1 saturated heterocycles. The largest absolute Gasteiger partial charge is 0.487 e. The highest BCUT2D eigenvalue weighted by Gasteiger charge is 2.25. The molecule has 0 unspecified atom stereocenters. The molecular weight excluding hydrogens is 457 g/mol. The van der Waals surface area contributed by atoms with Gasteiger partial charge in [0, 0.05) is 47.3 Å². The predicted molar refractivity (Wildman–Crippen MR) is 129 cm³/mol. The number of halogens is 2. The van der Waals surface area contributed by atoms with Crippen molar-refractivity contribution in [1.82, 2.24) is 14.6 Å². The standard InChI is InChI=1S/C26H27ClFN3O3/c1-17-9-21(29-34-17)16-33-23-6-7-26-24(11-23)19(13-30-8-2-3-22(30)15-32)14-31(26)12-18-4-5-20(28)10-25(18)27/h4-7,9-11,14,22,32H,2-3,8,12-13,15-16H2,1H3/t22-/m0/s1. The first-order valence-electron chi connectivity index (χ1n) is 11.5. The summed E-state index contributed by atoms with van der Waals surface area (Å²) < 4.78 is 26.8. The molecule has 0 aliphatic carbocycles. The van der Waals surface area contributed by atoms with Gasteiger partial charge in [0.05, 0.1) is 6.61 Å². The van der Waals surface area contributed by atoms with E-state index in [1.807, 2.05) is 31.2 Å². The Morgan fingerprint density at radius 2 is 2.06 bits per heavy atom. The van der Waals surface area contributed by atoms with Gasteiger partial charge < -0.3 is 18.9 Å². The number of hydrogen-bond donors (Lipinski definition) is 1. The van der Waals surface area contributed by atoms with Gasteiger partial charge >= 0.3 is 0 Å². The lowest BCUT2D eigenvalue weighted by atomic mass is 10.1. The molecule has 6 nitrogen and oxygen atoms in total. The van der Waals surface area contributed by atoms with Gasteiger partial charge in [-0.1, -0.05) is 22.8 Å². The number of benzene rings is 2. The number of nitrogens with zero attached hydrogens (tertiary/aromatic N) is 3. The summed E-state index contributed by atoms with van der Waals surface area (Å²) in [4.78, 5) is 2.33. The van der Waals surface area contributed by atoms with Crippen molar-refractivity contribution in [3.63, 3.8) is 0 Å². The van der Waals surface area contributed by atoms with Crippen LogP contribution in [-0.4, -0.2) is 38.9 Å². The summed E-state index contributed by atoms with van der Waals surface area (Å²) in [5.41, 5.74) is 3.78. The van der Waals surface area contributed by atoms with Crippen molar-refractivity contribution < 1.29 is 18.8 Å². The maximum absolute atomic E-state index is 13.5. The number of aryl methyl sites for hydroxylation is 1. The Kier molecular flexibility index (Phi) is 6.59. The first-order valence-corrected chi connectivity index (χ1v) is 11.8. The first-order chi connectivity index (χ1) is 16.5. The zero-order valence-corrected chi connectivity index (χ0v) is 19.8. The Labute approximate surface area is 202 Å². The number of aliphatic hydroxyl groups is 1. The predicted octanol–water partition coefficient (Wildman–Crippen LogP) is 5.31. The SMILES string of the molecule is Cc1cc(COc2ccc3c(c2)c(CN2CCC[C@H]2CO)cn3Cc2ccc(F)cc2Cl)no1. The van der Waals surface area contributed by atoms with Crippen LogP contribution in [0.3, 0.4) is 0 Å². The number of hydrogen-bond acceptors (Lipinski definition) is 5. The van der Waals surface area contributed by atoms with Crippen molar-refractivity contribution in [1.29, 1.82) is 0 Å². The Morgan fingerprint density at radius 3 is 2.82 bits per heavy atom. The Balaban J connectivity index is 1.47. The molecule has 2 aromatic heterocycles. The van der Waals surface area contributed by atoms with Gasteiger partial charge in [0.2, 0.25) is 0 Å². The van der Waals surface area contributed by atoms with Gasteiger partial charge in [-0.05, 0) is 67.8 Å². The Bertz CT molecular complexity index is 1300. The van der Waals surface area contributed by atoms with E-state index in [1.165, 1.54) is 12.1 Å². The summed E-state index contributed by atoms with van der Waals surface area (Å²) in [6.45, 7) is 4.56. The minimum absolute atomic E-state index is 0.162. The quantitative estimate of drug-likeness (QED) is 0.368. The number of ether oxygens (including phenoxy) is 1. The van der Waals surface area contributed by atoms with Crippen LogP contribution in [0.25, 0.3) is 10.9 Å². The zero-order chi connectivity index (χ0) is 23.7. The third-order valence-electron chi connectivity index (χ3n) is 6.44. The van der Waals surface area contributed by atoms with Gasteiger partial charge in [-0.15, -0.1) is 0 Å². The van der Waals surface area contributed by atoms with Crippen LogP contribution in [0.2, 0.25) is 5.02 Å². The summed E-state index contributed by atoms with van der Waals surface area (Å²) in [7, 11) is 0. The molecule has 1 aliphatic heterocycles. The van der Waals surface area contributed by atoms with E-state index in [9.17, 15) is 9.50 Å². The van der Waals surface area contributed by atoms with Crippen molar-refractivity contribution in [3.05, 3.63) is 82.1 Å². The zero-order valence-electron chi connectivity index (χ0n) is 19.0. The van der Waals surface area contributed by atoms with E-state index in [4.69, 9.17) is 20.9 Å². The fourth-order valence-corrected chi connectivity index (χ4v) is 4.93. The highest BCUT2D eigenvalue weighted by Crippen LogP contribution is 2.31. The van der Waals surface area contributed by atoms with Crippen LogP contribution in [0.5, 0.6) is 5.75 Å². The number of aliphatic hydroxyl groups excluding tert-OH is 1. The monoisotopic (exact) mass is 483 g/mol. The molecular formula is C26H27ClFN3O3. The molecule has 178 valence electrons. The van der Waals surface area contributed by atoms with Crippen molar-refractivity contribution in [3.8, 4) is 5.75 Å². The minimum Gasteiger partial charge on any atom is -0.487 e. The highest BCUT2D eigenvalue weighted by atomic mass is 35.5. The molecule has 0 saturated carbocycles. The van der Waals surface area contributed by atoms with Crippen LogP contribution < -0.4 is 4.74 Å². The molecule has 5 rings (SSSR count). The van der Waals surface area contributed by atoms with E-state index in [0.717, 1.165) is 65.2 Å². The van der Waals surface area contributed by atoms with E-state index in [2.05, 4.69) is 20.8 Å². The Morgan fingerprint density at radius 1 is 1.18 bits per heavy atom. The van der Waals surface area contributed by atoms with Gasteiger partial charge in [-0.25, -0.2) is 4.39 Å². The minimum atomic E-state index is -0.347. The van der Waals surface area contributed by atoms with Crippen LogP contribution in [0.1, 0.15) is 35.4 Å². The average molecular weight is 484 g/mol.